The van der Waals surface area contributed by atoms with Gasteiger partial charge in [-0.1, -0.05) is 30.3 Å². The van der Waals surface area contributed by atoms with Crippen LogP contribution in [0.25, 0.3) is 21.9 Å². The minimum Gasteiger partial charge on any atom is -0.495 e. The van der Waals surface area contributed by atoms with Gasteiger partial charge in [-0.2, -0.15) is 0 Å². The Bertz CT molecular complexity index is 1390. The molecule has 166 valence electrons. The van der Waals surface area contributed by atoms with Crippen LogP contribution >= 0.6 is 0 Å². The van der Waals surface area contributed by atoms with E-state index in [4.69, 9.17) is 14.3 Å². The molecule has 0 saturated heterocycles. The van der Waals surface area contributed by atoms with E-state index in [0.717, 1.165) is 21.9 Å². The third-order valence-electron chi connectivity index (χ3n) is 5.21. The van der Waals surface area contributed by atoms with Crippen LogP contribution in [0.2, 0.25) is 0 Å². The smallest absolute Gasteiger partial charge is 0.241 e. The first kappa shape index (κ1) is 21.8. The molecule has 0 saturated carbocycles. The van der Waals surface area contributed by atoms with Gasteiger partial charge in [0.05, 0.1) is 23.7 Å². The van der Waals surface area contributed by atoms with E-state index < -0.39 is 16.1 Å². The molecule has 1 aromatic heterocycles. The van der Waals surface area contributed by atoms with Gasteiger partial charge in [0.2, 0.25) is 15.9 Å². The van der Waals surface area contributed by atoms with E-state index in [0.29, 0.717) is 23.6 Å². The summed E-state index contributed by atoms with van der Waals surface area (Å²) < 4.78 is 34.1. The Morgan fingerprint density at radius 2 is 1.78 bits per heavy atom. The predicted octanol–water partition coefficient (Wildman–Crippen LogP) is 3.36. The second-order valence-corrected chi connectivity index (χ2v) is 8.99. The maximum atomic E-state index is 12.7. The standard InChI is InChI=1S/C23H23N3O5S/c1-14(25-13-15-7-9-16(10-8-15)32(24,28)29)23(27)26-19-12-21-18(11-22(19)30-2)17-5-3-4-6-20(17)31-21/h3-12,14,25H,13H2,1-2H3,(H,26,27)(H2,24,28,29)/t14-/m0/s1. The first-order valence-electron chi connectivity index (χ1n) is 9.91. The van der Waals surface area contributed by atoms with Crippen molar-refractivity contribution in [1.82, 2.24) is 5.32 Å². The van der Waals surface area contributed by atoms with Crippen LogP contribution in [-0.4, -0.2) is 27.5 Å². The van der Waals surface area contributed by atoms with Crippen molar-refractivity contribution in [3.05, 3.63) is 66.2 Å². The van der Waals surface area contributed by atoms with Crippen LogP contribution in [0.3, 0.4) is 0 Å². The maximum absolute atomic E-state index is 12.7. The topological polar surface area (TPSA) is 124 Å². The minimum atomic E-state index is -3.73. The second kappa shape index (κ2) is 8.62. The molecule has 0 aliphatic rings. The summed E-state index contributed by atoms with van der Waals surface area (Å²) in [5.41, 5.74) is 2.74. The predicted molar refractivity (Wildman–Crippen MR) is 123 cm³/mol. The lowest BCUT2D eigenvalue weighted by Gasteiger charge is -2.16. The van der Waals surface area contributed by atoms with Crippen LogP contribution in [-0.2, 0) is 21.4 Å². The lowest BCUT2D eigenvalue weighted by atomic mass is 10.1. The SMILES string of the molecule is COc1cc2c(cc1NC(=O)[C@H](C)NCc1ccc(S(N)(=O)=O)cc1)oc1ccccc12. The zero-order chi connectivity index (χ0) is 22.9. The molecule has 9 heteroatoms. The molecular weight excluding hydrogens is 430 g/mol. The van der Waals surface area contributed by atoms with Crippen molar-refractivity contribution in [1.29, 1.82) is 0 Å². The number of carbonyl (C=O) groups is 1. The average Bonchev–Trinajstić information content (AvgIpc) is 3.13. The number of amides is 1. The highest BCUT2D eigenvalue weighted by molar-refractivity contribution is 7.89. The number of para-hydroxylation sites is 1. The summed E-state index contributed by atoms with van der Waals surface area (Å²) in [6.45, 7) is 2.11. The maximum Gasteiger partial charge on any atom is 0.241 e. The molecule has 0 fully saturated rings. The molecule has 1 heterocycles. The molecule has 0 radical (unpaired) electrons. The lowest BCUT2D eigenvalue weighted by molar-refractivity contribution is -0.117. The Morgan fingerprint density at radius 1 is 1.06 bits per heavy atom. The van der Waals surface area contributed by atoms with E-state index in [-0.39, 0.29) is 10.8 Å². The van der Waals surface area contributed by atoms with Crippen LogP contribution in [0.15, 0.2) is 70.0 Å². The first-order chi connectivity index (χ1) is 15.3. The van der Waals surface area contributed by atoms with Crippen molar-refractivity contribution in [2.45, 2.75) is 24.4 Å². The number of methoxy groups -OCH3 is 1. The average molecular weight is 454 g/mol. The third kappa shape index (κ3) is 4.45. The van der Waals surface area contributed by atoms with Crippen LogP contribution in [0.5, 0.6) is 5.75 Å². The summed E-state index contributed by atoms with van der Waals surface area (Å²) in [4.78, 5) is 12.8. The zero-order valence-corrected chi connectivity index (χ0v) is 18.4. The number of nitrogens with two attached hydrogens (primary N) is 1. The highest BCUT2D eigenvalue weighted by Crippen LogP contribution is 2.36. The van der Waals surface area contributed by atoms with Crippen LogP contribution < -0.4 is 20.5 Å². The number of nitrogens with one attached hydrogen (secondary N) is 2. The van der Waals surface area contributed by atoms with Gasteiger partial charge in [-0.05, 0) is 36.8 Å². The highest BCUT2D eigenvalue weighted by atomic mass is 32.2. The summed E-state index contributed by atoms with van der Waals surface area (Å²) in [6, 6.07) is 17.0. The second-order valence-electron chi connectivity index (χ2n) is 7.43. The van der Waals surface area contributed by atoms with Crippen molar-refractivity contribution < 1.29 is 22.4 Å². The molecule has 0 spiro atoms. The Kier molecular flexibility index (Phi) is 5.88. The molecule has 4 aromatic rings. The Hall–Kier alpha value is -3.40. The van der Waals surface area contributed by atoms with Gasteiger partial charge in [-0.15, -0.1) is 0 Å². The molecule has 32 heavy (non-hydrogen) atoms. The molecule has 0 aliphatic carbocycles. The summed E-state index contributed by atoms with van der Waals surface area (Å²) in [5.74, 6) is 0.281. The van der Waals surface area contributed by atoms with Gasteiger partial charge < -0.3 is 19.8 Å². The largest absolute Gasteiger partial charge is 0.495 e. The molecule has 4 rings (SSSR count). The fraction of sp³-hybridized carbons (Fsp3) is 0.174. The Balaban J connectivity index is 1.47. The molecule has 1 amide bonds. The van der Waals surface area contributed by atoms with E-state index in [1.165, 1.54) is 12.1 Å². The number of primary sulfonamides is 1. The number of fused-ring (bicyclic) bond motifs is 3. The van der Waals surface area contributed by atoms with E-state index in [1.807, 2.05) is 30.3 Å². The van der Waals surface area contributed by atoms with Gasteiger partial charge in [0.25, 0.3) is 0 Å². The summed E-state index contributed by atoms with van der Waals surface area (Å²) in [6.07, 6.45) is 0. The third-order valence-corrected chi connectivity index (χ3v) is 6.14. The molecule has 0 unspecified atom stereocenters. The number of hydrogen-bond acceptors (Lipinski definition) is 6. The van der Waals surface area contributed by atoms with Crippen molar-refractivity contribution >= 4 is 43.6 Å². The fourth-order valence-corrected chi connectivity index (χ4v) is 3.94. The van der Waals surface area contributed by atoms with E-state index in [9.17, 15) is 13.2 Å². The molecule has 1 atom stereocenters. The normalized spacial score (nSPS) is 12.7. The van der Waals surface area contributed by atoms with E-state index >= 15 is 0 Å². The molecule has 0 bridgehead atoms. The first-order valence-corrected chi connectivity index (χ1v) is 11.5. The van der Waals surface area contributed by atoms with E-state index in [2.05, 4.69) is 10.6 Å². The Morgan fingerprint density at radius 3 is 2.47 bits per heavy atom. The number of anilines is 1. The summed E-state index contributed by atoms with van der Waals surface area (Å²) >= 11 is 0. The van der Waals surface area contributed by atoms with Gasteiger partial charge in [0.15, 0.2) is 0 Å². The molecule has 3 aromatic carbocycles. The number of rotatable bonds is 7. The van der Waals surface area contributed by atoms with Crippen molar-refractivity contribution in [2.75, 3.05) is 12.4 Å². The number of benzene rings is 3. The molecule has 4 N–H and O–H groups in total. The number of ether oxygens (including phenoxy) is 1. The monoisotopic (exact) mass is 453 g/mol. The highest BCUT2D eigenvalue weighted by Gasteiger charge is 2.17. The number of sulfonamides is 1. The van der Waals surface area contributed by atoms with Crippen LogP contribution in [0, 0.1) is 0 Å². The van der Waals surface area contributed by atoms with Gasteiger partial charge in [0, 0.05) is 23.4 Å². The van der Waals surface area contributed by atoms with Crippen molar-refractivity contribution in [2.24, 2.45) is 5.14 Å². The summed E-state index contributed by atoms with van der Waals surface area (Å²) in [5, 5.41) is 13.0. The number of furan rings is 1. The number of hydrogen-bond donors (Lipinski definition) is 3. The number of carbonyl (C=O) groups excluding carboxylic acids is 1. The molecule has 8 nitrogen and oxygen atoms in total. The molecular formula is C23H23N3O5S. The van der Waals surface area contributed by atoms with E-state index in [1.54, 1.807) is 32.2 Å². The molecule has 0 aliphatic heterocycles. The van der Waals surface area contributed by atoms with Gasteiger partial charge in [-0.25, -0.2) is 13.6 Å². The van der Waals surface area contributed by atoms with Crippen molar-refractivity contribution in [3.8, 4) is 5.75 Å². The van der Waals surface area contributed by atoms with Crippen molar-refractivity contribution in [3.63, 3.8) is 0 Å². The van der Waals surface area contributed by atoms with Gasteiger partial charge >= 0.3 is 0 Å². The summed E-state index contributed by atoms with van der Waals surface area (Å²) in [7, 11) is -2.19. The zero-order valence-electron chi connectivity index (χ0n) is 17.6. The lowest BCUT2D eigenvalue weighted by Crippen LogP contribution is -2.37. The minimum absolute atomic E-state index is 0.0418. The Labute approximate surface area is 185 Å². The quantitative estimate of drug-likeness (QED) is 0.394. The van der Waals surface area contributed by atoms with Crippen LogP contribution in [0.4, 0.5) is 5.69 Å². The van der Waals surface area contributed by atoms with Gasteiger partial charge in [-0.3, -0.25) is 4.79 Å². The van der Waals surface area contributed by atoms with Gasteiger partial charge in [0.1, 0.15) is 16.9 Å². The fourth-order valence-electron chi connectivity index (χ4n) is 3.42. The van der Waals surface area contributed by atoms with Crippen LogP contribution in [0.1, 0.15) is 12.5 Å².